The molecule has 0 aliphatic carbocycles. The lowest BCUT2D eigenvalue weighted by molar-refractivity contribution is 0.122. The van der Waals surface area contributed by atoms with Gasteiger partial charge in [-0.05, 0) is 60.2 Å². The molecule has 160 valence electrons. The maximum atomic E-state index is 12.9. The van der Waals surface area contributed by atoms with E-state index in [0.717, 1.165) is 42.4 Å². The van der Waals surface area contributed by atoms with Gasteiger partial charge in [0.15, 0.2) is 9.79 Å². The van der Waals surface area contributed by atoms with Crippen molar-refractivity contribution >= 4 is 28.6 Å². The van der Waals surface area contributed by atoms with Crippen LogP contribution in [0.3, 0.4) is 0 Å². The monoisotopic (exact) mass is 436 g/mol. The maximum Gasteiger partial charge on any atom is 0.319 e. The third-order valence-electron chi connectivity index (χ3n) is 4.93. The van der Waals surface area contributed by atoms with Crippen LogP contribution in [-0.4, -0.2) is 41.9 Å². The number of amides is 2. The third kappa shape index (κ3) is 5.75. The normalized spacial score (nSPS) is 14.7. The number of hydrogen-bond donors (Lipinski definition) is 2. The van der Waals surface area contributed by atoms with Gasteiger partial charge in [0, 0.05) is 54.6 Å². The fourth-order valence-electron chi connectivity index (χ4n) is 3.26. The molecule has 7 nitrogen and oxygen atoms in total. The summed E-state index contributed by atoms with van der Waals surface area (Å²) in [5.41, 5.74) is 2.66. The summed E-state index contributed by atoms with van der Waals surface area (Å²) in [4.78, 5) is 19.8. The SMILES string of the molecule is O=C(NCc1cccnc1)Nc1ccc([S+]([O-])c2ccc(N3CCOCC3)cc2)cc1. The van der Waals surface area contributed by atoms with Crippen molar-refractivity contribution in [1.82, 2.24) is 10.3 Å². The van der Waals surface area contributed by atoms with Crippen LogP contribution in [0.2, 0.25) is 0 Å². The Kier molecular flexibility index (Phi) is 7.03. The van der Waals surface area contributed by atoms with Crippen LogP contribution in [0.5, 0.6) is 0 Å². The lowest BCUT2D eigenvalue weighted by atomic mass is 10.2. The van der Waals surface area contributed by atoms with E-state index in [1.807, 2.05) is 36.4 Å². The van der Waals surface area contributed by atoms with Crippen LogP contribution >= 0.6 is 0 Å². The van der Waals surface area contributed by atoms with Crippen LogP contribution < -0.4 is 15.5 Å². The van der Waals surface area contributed by atoms with Crippen molar-refractivity contribution in [2.45, 2.75) is 16.3 Å². The number of hydrogen-bond acceptors (Lipinski definition) is 5. The number of aromatic nitrogens is 1. The van der Waals surface area contributed by atoms with Crippen LogP contribution in [0.4, 0.5) is 16.2 Å². The molecule has 8 heteroatoms. The number of carbonyl (C=O) groups excluding carboxylic acids is 1. The highest BCUT2D eigenvalue weighted by Gasteiger charge is 2.17. The number of urea groups is 1. The van der Waals surface area contributed by atoms with Crippen molar-refractivity contribution in [1.29, 1.82) is 0 Å². The molecule has 1 aliphatic rings. The van der Waals surface area contributed by atoms with Gasteiger partial charge in [-0.2, -0.15) is 0 Å². The smallest absolute Gasteiger partial charge is 0.319 e. The number of anilines is 2. The molecule has 1 fully saturated rings. The van der Waals surface area contributed by atoms with Gasteiger partial charge >= 0.3 is 6.03 Å². The number of benzene rings is 2. The molecule has 0 radical (unpaired) electrons. The Labute approximate surface area is 184 Å². The molecule has 2 heterocycles. The Hall–Kier alpha value is -3.07. The van der Waals surface area contributed by atoms with Gasteiger partial charge in [-0.3, -0.25) is 4.98 Å². The Bertz CT molecular complexity index is 978. The zero-order valence-corrected chi connectivity index (χ0v) is 17.8. The zero-order valence-electron chi connectivity index (χ0n) is 17.0. The third-order valence-corrected chi connectivity index (χ3v) is 6.33. The van der Waals surface area contributed by atoms with E-state index in [1.54, 1.807) is 36.7 Å². The van der Waals surface area contributed by atoms with E-state index >= 15 is 0 Å². The molecule has 2 amide bonds. The summed E-state index contributed by atoms with van der Waals surface area (Å²) in [6.45, 7) is 3.59. The fourth-order valence-corrected chi connectivity index (χ4v) is 4.30. The van der Waals surface area contributed by atoms with Gasteiger partial charge in [0.25, 0.3) is 0 Å². The second kappa shape index (κ2) is 10.3. The zero-order chi connectivity index (χ0) is 21.5. The lowest BCUT2D eigenvalue weighted by Crippen LogP contribution is -2.36. The second-order valence-electron chi connectivity index (χ2n) is 7.06. The number of nitrogens with one attached hydrogen (secondary N) is 2. The van der Waals surface area contributed by atoms with E-state index in [-0.39, 0.29) is 6.03 Å². The number of rotatable bonds is 6. The van der Waals surface area contributed by atoms with Crippen molar-refractivity contribution in [3.63, 3.8) is 0 Å². The predicted octanol–water partition coefficient (Wildman–Crippen LogP) is 3.41. The topological polar surface area (TPSA) is 89.5 Å². The molecule has 31 heavy (non-hydrogen) atoms. The summed E-state index contributed by atoms with van der Waals surface area (Å²) in [5.74, 6) is 0. The van der Waals surface area contributed by atoms with Gasteiger partial charge < -0.3 is 24.8 Å². The van der Waals surface area contributed by atoms with Crippen LogP contribution in [0, 0.1) is 0 Å². The molecule has 2 N–H and O–H groups in total. The van der Waals surface area contributed by atoms with Gasteiger partial charge in [-0.15, -0.1) is 0 Å². The van der Waals surface area contributed by atoms with E-state index in [9.17, 15) is 9.35 Å². The van der Waals surface area contributed by atoms with Crippen molar-refractivity contribution in [3.05, 3.63) is 78.6 Å². The van der Waals surface area contributed by atoms with Gasteiger partial charge in [0.1, 0.15) is 0 Å². The van der Waals surface area contributed by atoms with Crippen LogP contribution in [0.1, 0.15) is 5.56 Å². The van der Waals surface area contributed by atoms with Gasteiger partial charge in [0.2, 0.25) is 0 Å². The molecule has 0 saturated carbocycles. The lowest BCUT2D eigenvalue weighted by Gasteiger charge is -2.28. The largest absolute Gasteiger partial charge is 0.606 e. The highest BCUT2D eigenvalue weighted by atomic mass is 32.2. The summed E-state index contributed by atoms with van der Waals surface area (Å²) < 4.78 is 18.3. The number of pyridine rings is 1. The molecule has 2 aromatic carbocycles. The van der Waals surface area contributed by atoms with E-state index in [0.29, 0.717) is 17.1 Å². The molecule has 1 unspecified atom stereocenters. The minimum absolute atomic E-state index is 0.309. The second-order valence-corrected chi connectivity index (χ2v) is 8.54. The molecular formula is C23H24N4O3S. The Morgan fingerprint density at radius 2 is 1.71 bits per heavy atom. The van der Waals surface area contributed by atoms with E-state index in [1.165, 1.54) is 0 Å². The molecule has 4 rings (SSSR count). The molecule has 1 aromatic heterocycles. The molecule has 0 bridgehead atoms. The molecule has 1 aliphatic heterocycles. The highest BCUT2D eigenvalue weighted by Crippen LogP contribution is 2.25. The minimum Gasteiger partial charge on any atom is -0.606 e. The summed E-state index contributed by atoms with van der Waals surface area (Å²) in [7, 11) is 0. The first-order valence-corrected chi connectivity index (χ1v) is 11.2. The Balaban J connectivity index is 1.32. The average molecular weight is 437 g/mol. The molecule has 0 spiro atoms. The molecule has 3 aromatic rings. The standard InChI is InChI=1S/C23H24N4O3S/c28-23(25-17-18-2-1-11-24-16-18)26-19-3-7-21(8-4-19)31(29)22-9-5-20(6-10-22)27-12-14-30-15-13-27/h1-11,16H,12-15,17H2,(H2,25,26,28). The number of ether oxygens (including phenoxy) is 1. The number of carbonyl (C=O) groups is 1. The predicted molar refractivity (Wildman–Crippen MR) is 121 cm³/mol. The molecule has 1 saturated heterocycles. The first-order valence-electron chi connectivity index (χ1n) is 10.1. The van der Waals surface area contributed by atoms with Crippen molar-refractivity contribution in [2.24, 2.45) is 0 Å². The van der Waals surface area contributed by atoms with E-state index < -0.39 is 11.2 Å². The van der Waals surface area contributed by atoms with Gasteiger partial charge in [-0.25, -0.2) is 4.79 Å². The number of nitrogens with zero attached hydrogens (tertiary/aromatic N) is 2. The Morgan fingerprint density at radius 1 is 1.03 bits per heavy atom. The summed E-state index contributed by atoms with van der Waals surface area (Å²) in [5, 5.41) is 5.56. The fraction of sp³-hybridized carbons (Fsp3) is 0.217. The van der Waals surface area contributed by atoms with Gasteiger partial charge in [0.05, 0.1) is 13.2 Å². The summed E-state index contributed by atoms with van der Waals surface area (Å²) in [6, 6.07) is 18.2. The quantitative estimate of drug-likeness (QED) is 0.578. The van der Waals surface area contributed by atoms with E-state index in [4.69, 9.17) is 4.74 Å². The maximum absolute atomic E-state index is 12.9. The van der Waals surface area contributed by atoms with Crippen molar-refractivity contribution in [2.75, 3.05) is 36.5 Å². The summed E-state index contributed by atoms with van der Waals surface area (Å²) in [6.07, 6.45) is 3.39. The van der Waals surface area contributed by atoms with Gasteiger partial charge in [-0.1, -0.05) is 6.07 Å². The van der Waals surface area contributed by atoms with Crippen LogP contribution in [-0.2, 0) is 22.5 Å². The molecular weight excluding hydrogens is 412 g/mol. The van der Waals surface area contributed by atoms with Crippen molar-refractivity contribution in [3.8, 4) is 0 Å². The summed E-state index contributed by atoms with van der Waals surface area (Å²) >= 11 is -1.29. The van der Waals surface area contributed by atoms with Crippen LogP contribution in [0.15, 0.2) is 82.8 Å². The first-order chi connectivity index (χ1) is 15.2. The average Bonchev–Trinajstić information content (AvgIpc) is 2.84. The Morgan fingerprint density at radius 3 is 2.35 bits per heavy atom. The van der Waals surface area contributed by atoms with Crippen molar-refractivity contribution < 1.29 is 14.1 Å². The highest BCUT2D eigenvalue weighted by molar-refractivity contribution is 7.91. The first kappa shape index (κ1) is 21.2. The van der Waals surface area contributed by atoms with E-state index in [2.05, 4.69) is 20.5 Å². The number of morpholine rings is 1. The van der Waals surface area contributed by atoms with Crippen LogP contribution in [0.25, 0.3) is 0 Å². The minimum atomic E-state index is -1.29. The molecule has 1 atom stereocenters.